The van der Waals surface area contributed by atoms with E-state index in [1.165, 1.54) is 11.1 Å². The van der Waals surface area contributed by atoms with Gasteiger partial charge in [-0.05, 0) is 53.4 Å². The molecule has 0 aliphatic rings. The van der Waals surface area contributed by atoms with Gasteiger partial charge < -0.3 is 10.3 Å². The molecule has 0 aliphatic carbocycles. The van der Waals surface area contributed by atoms with Crippen LogP contribution in [0.15, 0.2) is 16.6 Å². The van der Waals surface area contributed by atoms with Crippen molar-refractivity contribution in [2.75, 3.05) is 5.32 Å². The molecule has 0 aliphatic heterocycles. The molecule has 2 rings (SSSR count). The van der Waals surface area contributed by atoms with Gasteiger partial charge in [-0.25, -0.2) is 4.98 Å². The van der Waals surface area contributed by atoms with E-state index in [0.29, 0.717) is 11.7 Å². The van der Waals surface area contributed by atoms with Crippen LogP contribution in [0.5, 0.6) is 0 Å². The fourth-order valence-corrected chi connectivity index (χ4v) is 3.37. The number of aromatic nitrogens is 2. The quantitative estimate of drug-likeness (QED) is 0.715. The van der Waals surface area contributed by atoms with Crippen molar-refractivity contribution >= 4 is 33.2 Å². The van der Waals surface area contributed by atoms with Crippen molar-refractivity contribution in [2.24, 2.45) is 0 Å². The molecule has 114 valence electrons. The van der Waals surface area contributed by atoms with E-state index >= 15 is 0 Å². The van der Waals surface area contributed by atoms with Gasteiger partial charge in [-0.3, -0.25) is 0 Å². The van der Waals surface area contributed by atoms with Gasteiger partial charge in [0, 0.05) is 10.9 Å². The third kappa shape index (κ3) is 4.24. The van der Waals surface area contributed by atoms with Crippen molar-refractivity contribution in [3.8, 4) is 0 Å². The molecule has 5 heteroatoms. The van der Waals surface area contributed by atoms with Gasteiger partial charge in [-0.15, -0.1) is 0 Å². The SMILES string of the molecule is CCCCc1nc(Cl)c(CNc2c(C)cc(C)cc2Br)[nH]1. The summed E-state index contributed by atoms with van der Waals surface area (Å²) in [6.45, 7) is 7.00. The summed E-state index contributed by atoms with van der Waals surface area (Å²) in [6.07, 6.45) is 3.23. The molecule has 2 aromatic rings. The van der Waals surface area contributed by atoms with E-state index in [4.69, 9.17) is 11.6 Å². The highest BCUT2D eigenvalue weighted by Crippen LogP contribution is 2.28. The highest BCUT2D eigenvalue weighted by Gasteiger charge is 2.10. The minimum Gasteiger partial charge on any atom is -0.378 e. The van der Waals surface area contributed by atoms with Crippen LogP contribution in [0.1, 0.15) is 42.4 Å². The van der Waals surface area contributed by atoms with Gasteiger partial charge in [-0.2, -0.15) is 0 Å². The average molecular weight is 371 g/mol. The number of halogens is 2. The van der Waals surface area contributed by atoms with Crippen molar-refractivity contribution in [2.45, 2.75) is 46.6 Å². The van der Waals surface area contributed by atoms with E-state index in [2.05, 4.69) is 64.1 Å². The first-order valence-corrected chi connectivity index (χ1v) is 8.42. The van der Waals surface area contributed by atoms with Crippen LogP contribution in [-0.4, -0.2) is 9.97 Å². The number of benzene rings is 1. The van der Waals surface area contributed by atoms with E-state index in [1.54, 1.807) is 0 Å². The largest absolute Gasteiger partial charge is 0.378 e. The summed E-state index contributed by atoms with van der Waals surface area (Å²) < 4.78 is 1.07. The highest BCUT2D eigenvalue weighted by molar-refractivity contribution is 9.10. The third-order valence-corrected chi connectivity index (χ3v) is 4.36. The Morgan fingerprint density at radius 3 is 2.76 bits per heavy atom. The van der Waals surface area contributed by atoms with Crippen LogP contribution >= 0.6 is 27.5 Å². The Morgan fingerprint density at radius 2 is 2.10 bits per heavy atom. The Balaban J connectivity index is 2.08. The number of anilines is 1. The number of nitrogens with one attached hydrogen (secondary N) is 2. The predicted molar refractivity (Wildman–Crippen MR) is 93.2 cm³/mol. The summed E-state index contributed by atoms with van der Waals surface area (Å²) in [7, 11) is 0. The summed E-state index contributed by atoms with van der Waals surface area (Å²) >= 11 is 9.81. The molecule has 0 bridgehead atoms. The van der Waals surface area contributed by atoms with Crippen molar-refractivity contribution in [1.29, 1.82) is 0 Å². The van der Waals surface area contributed by atoms with Crippen LogP contribution in [0.3, 0.4) is 0 Å². The predicted octanol–water partition coefficient (Wildman–Crippen LogP) is 5.40. The van der Waals surface area contributed by atoms with Crippen LogP contribution in [0.25, 0.3) is 0 Å². The molecule has 1 aromatic carbocycles. The zero-order valence-electron chi connectivity index (χ0n) is 12.7. The van der Waals surface area contributed by atoms with Gasteiger partial charge in [0.1, 0.15) is 5.82 Å². The van der Waals surface area contributed by atoms with Gasteiger partial charge in [0.15, 0.2) is 5.15 Å². The average Bonchev–Trinajstić information content (AvgIpc) is 2.76. The van der Waals surface area contributed by atoms with Crippen LogP contribution in [-0.2, 0) is 13.0 Å². The molecular formula is C16H21BrClN3. The second-order valence-electron chi connectivity index (χ2n) is 5.35. The summed E-state index contributed by atoms with van der Waals surface area (Å²) in [6, 6.07) is 4.27. The molecular weight excluding hydrogens is 350 g/mol. The Hall–Kier alpha value is -1.000. The highest BCUT2D eigenvalue weighted by atomic mass is 79.9. The fourth-order valence-electron chi connectivity index (χ4n) is 2.34. The molecule has 21 heavy (non-hydrogen) atoms. The lowest BCUT2D eigenvalue weighted by molar-refractivity contribution is 0.760. The second kappa shape index (κ2) is 7.32. The maximum atomic E-state index is 6.20. The number of imidazole rings is 1. The van der Waals surface area contributed by atoms with Gasteiger partial charge >= 0.3 is 0 Å². The Labute approximate surface area is 139 Å². The molecule has 2 N–H and O–H groups in total. The molecule has 0 saturated heterocycles. The van der Waals surface area contributed by atoms with Crippen molar-refractivity contribution < 1.29 is 0 Å². The Morgan fingerprint density at radius 1 is 1.33 bits per heavy atom. The number of rotatable bonds is 6. The summed E-state index contributed by atoms with van der Waals surface area (Å²) in [5, 5.41) is 4.00. The number of hydrogen-bond acceptors (Lipinski definition) is 2. The summed E-state index contributed by atoms with van der Waals surface area (Å²) in [5.41, 5.74) is 4.49. The zero-order valence-corrected chi connectivity index (χ0v) is 15.0. The number of aromatic amines is 1. The van der Waals surface area contributed by atoms with E-state index < -0.39 is 0 Å². The topological polar surface area (TPSA) is 40.7 Å². The number of H-pyrrole nitrogens is 1. The minimum absolute atomic E-state index is 0.564. The summed E-state index contributed by atoms with van der Waals surface area (Å²) in [4.78, 5) is 7.69. The lowest BCUT2D eigenvalue weighted by Crippen LogP contribution is -2.03. The van der Waals surface area contributed by atoms with Crippen LogP contribution in [0.4, 0.5) is 5.69 Å². The molecule has 1 aromatic heterocycles. The van der Waals surface area contributed by atoms with Crippen molar-refractivity contribution in [3.63, 3.8) is 0 Å². The first kappa shape index (κ1) is 16.4. The smallest absolute Gasteiger partial charge is 0.152 e. The van der Waals surface area contributed by atoms with Crippen molar-refractivity contribution in [1.82, 2.24) is 9.97 Å². The maximum Gasteiger partial charge on any atom is 0.152 e. The van der Waals surface area contributed by atoms with Crippen LogP contribution in [0, 0.1) is 13.8 Å². The van der Waals surface area contributed by atoms with Gasteiger partial charge in [0.05, 0.1) is 17.9 Å². The lowest BCUT2D eigenvalue weighted by atomic mass is 10.1. The number of hydrogen-bond donors (Lipinski definition) is 2. The fraction of sp³-hybridized carbons (Fsp3) is 0.438. The summed E-state index contributed by atoms with van der Waals surface area (Å²) in [5.74, 6) is 0.971. The minimum atomic E-state index is 0.564. The first-order valence-electron chi connectivity index (χ1n) is 7.25. The number of unbranched alkanes of at least 4 members (excludes halogenated alkanes) is 1. The van der Waals surface area contributed by atoms with E-state index in [9.17, 15) is 0 Å². The van der Waals surface area contributed by atoms with Gasteiger partial charge in [0.2, 0.25) is 0 Å². The van der Waals surface area contributed by atoms with Crippen LogP contribution in [0.2, 0.25) is 5.15 Å². The zero-order chi connectivity index (χ0) is 15.4. The molecule has 0 unspecified atom stereocenters. The standard InChI is InChI=1S/C16H21BrClN3/c1-4-5-6-14-20-13(16(18)21-14)9-19-15-11(3)7-10(2)8-12(15)17/h7-8,19H,4-6,9H2,1-3H3,(H,20,21). The van der Waals surface area contributed by atoms with Crippen LogP contribution < -0.4 is 5.32 Å². The Bertz CT molecular complexity index is 599. The molecule has 0 fully saturated rings. The van der Waals surface area contributed by atoms with E-state index in [-0.39, 0.29) is 0 Å². The Kier molecular flexibility index (Phi) is 5.71. The van der Waals surface area contributed by atoms with Gasteiger partial charge in [-0.1, -0.05) is 31.0 Å². The van der Waals surface area contributed by atoms with E-state index in [0.717, 1.165) is 40.9 Å². The number of nitrogens with zero attached hydrogens (tertiary/aromatic N) is 1. The molecule has 0 atom stereocenters. The molecule has 0 amide bonds. The maximum absolute atomic E-state index is 6.20. The molecule has 0 radical (unpaired) electrons. The monoisotopic (exact) mass is 369 g/mol. The molecule has 1 heterocycles. The third-order valence-electron chi connectivity index (χ3n) is 3.42. The first-order chi connectivity index (χ1) is 10.0. The number of aryl methyl sites for hydroxylation is 3. The van der Waals surface area contributed by atoms with Gasteiger partial charge in [0.25, 0.3) is 0 Å². The lowest BCUT2D eigenvalue weighted by Gasteiger charge is -2.12. The molecule has 3 nitrogen and oxygen atoms in total. The van der Waals surface area contributed by atoms with E-state index in [1.807, 2.05) is 0 Å². The molecule has 0 saturated carbocycles. The molecule has 0 spiro atoms. The normalized spacial score (nSPS) is 10.9. The second-order valence-corrected chi connectivity index (χ2v) is 6.56. The van der Waals surface area contributed by atoms with Crippen molar-refractivity contribution in [3.05, 3.63) is 44.4 Å².